The Kier molecular flexibility index (Phi) is 5.87. The van der Waals surface area contributed by atoms with Crippen LogP contribution in [-0.2, 0) is 4.79 Å². The van der Waals surface area contributed by atoms with Crippen LogP contribution in [0.4, 0.5) is 5.13 Å². The highest BCUT2D eigenvalue weighted by Gasteiger charge is 2.15. The van der Waals surface area contributed by atoms with Gasteiger partial charge in [0.25, 0.3) is 0 Å². The van der Waals surface area contributed by atoms with Crippen molar-refractivity contribution < 1.29 is 9.53 Å². The molecule has 0 unspecified atom stereocenters. The second-order valence-electron chi connectivity index (χ2n) is 5.43. The normalized spacial score (nSPS) is 15.3. The lowest BCUT2D eigenvalue weighted by Crippen LogP contribution is -2.21. The molecule has 1 N–H and O–H groups in total. The first kappa shape index (κ1) is 16.3. The average Bonchev–Trinajstić information content (AvgIpc) is 3.02. The van der Waals surface area contributed by atoms with Crippen LogP contribution in [0, 0.1) is 0 Å². The van der Waals surface area contributed by atoms with Gasteiger partial charge in [-0.15, -0.1) is 10.2 Å². The number of ether oxygens (including phenoxy) is 1. The lowest BCUT2D eigenvalue weighted by molar-refractivity contribution is -0.131. The van der Waals surface area contributed by atoms with Crippen molar-refractivity contribution in [3.8, 4) is 5.75 Å². The molecule has 0 aliphatic heterocycles. The maximum absolute atomic E-state index is 11.8. The van der Waals surface area contributed by atoms with E-state index in [0.717, 1.165) is 9.47 Å². The molecule has 0 atom stereocenters. The standard InChI is InChI=1S/C16H19N3O2S2/c20-14(21-13-9-5-2-6-10-13)11-22-16-19-18-15(23-16)17-12-7-3-1-4-8-12/h2,5-6,9-10,12H,1,3-4,7-8,11H2,(H,17,18). The first-order valence-electron chi connectivity index (χ1n) is 7.78. The lowest BCUT2D eigenvalue weighted by atomic mass is 9.96. The highest BCUT2D eigenvalue weighted by Crippen LogP contribution is 2.28. The summed E-state index contributed by atoms with van der Waals surface area (Å²) >= 11 is 2.86. The van der Waals surface area contributed by atoms with Gasteiger partial charge in [0, 0.05) is 6.04 Å². The van der Waals surface area contributed by atoms with Crippen LogP contribution in [0.25, 0.3) is 0 Å². The van der Waals surface area contributed by atoms with Gasteiger partial charge in [-0.1, -0.05) is 60.6 Å². The fourth-order valence-corrected chi connectivity index (χ4v) is 4.12. The predicted molar refractivity (Wildman–Crippen MR) is 93.2 cm³/mol. The van der Waals surface area contributed by atoms with Crippen LogP contribution in [0.5, 0.6) is 5.75 Å². The van der Waals surface area contributed by atoms with Crippen LogP contribution in [0.3, 0.4) is 0 Å². The van der Waals surface area contributed by atoms with Crippen molar-refractivity contribution in [2.45, 2.75) is 42.5 Å². The highest BCUT2D eigenvalue weighted by atomic mass is 32.2. The molecule has 1 aliphatic carbocycles. The Hall–Kier alpha value is -1.60. The molecule has 0 spiro atoms. The van der Waals surface area contributed by atoms with Crippen molar-refractivity contribution >= 4 is 34.2 Å². The van der Waals surface area contributed by atoms with Crippen LogP contribution in [0.1, 0.15) is 32.1 Å². The van der Waals surface area contributed by atoms with Crippen molar-refractivity contribution in [1.29, 1.82) is 0 Å². The van der Waals surface area contributed by atoms with Gasteiger partial charge < -0.3 is 10.1 Å². The van der Waals surface area contributed by atoms with E-state index in [1.165, 1.54) is 55.2 Å². The second-order valence-corrected chi connectivity index (χ2v) is 7.63. The van der Waals surface area contributed by atoms with E-state index >= 15 is 0 Å². The summed E-state index contributed by atoms with van der Waals surface area (Å²) in [6.07, 6.45) is 6.29. The lowest BCUT2D eigenvalue weighted by Gasteiger charge is -2.21. The summed E-state index contributed by atoms with van der Waals surface area (Å²) in [4.78, 5) is 11.8. The van der Waals surface area contributed by atoms with E-state index in [2.05, 4.69) is 15.5 Å². The molecule has 1 aromatic heterocycles. The number of hydrogen-bond donors (Lipinski definition) is 1. The molecule has 2 aromatic rings. The summed E-state index contributed by atoms with van der Waals surface area (Å²) in [5.74, 6) is 0.515. The van der Waals surface area contributed by atoms with Crippen molar-refractivity contribution in [2.24, 2.45) is 0 Å². The molecular formula is C16H19N3O2S2. The Morgan fingerprint density at radius 2 is 2.00 bits per heavy atom. The van der Waals surface area contributed by atoms with Crippen LogP contribution in [0.2, 0.25) is 0 Å². The summed E-state index contributed by atoms with van der Waals surface area (Å²) < 4.78 is 6.03. The molecule has 1 aromatic carbocycles. The van der Waals surface area contributed by atoms with Gasteiger partial charge in [-0.3, -0.25) is 4.79 Å². The average molecular weight is 349 g/mol. The smallest absolute Gasteiger partial charge is 0.321 e. The molecule has 7 heteroatoms. The summed E-state index contributed by atoms with van der Waals surface area (Å²) in [7, 11) is 0. The SMILES string of the molecule is O=C(CSc1nnc(NC2CCCCC2)s1)Oc1ccccc1. The van der Waals surface area contributed by atoms with E-state index in [0.29, 0.717) is 11.8 Å². The van der Waals surface area contributed by atoms with E-state index in [1.807, 2.05) is 18.2 Å². The van der Waals surface area contributed by atoms with Crippen LogP contribution >= 0.6 is 23.1 Å². The van der Waals surface area contributed by atoms with Crippen LogP contribution < -0.4 is 10.1 Å². The number of anilines is 1. The third kappa shape index (κ3) is 5.21. The fraction of sp³-hybridized carbons (Fsp3) is 0.438. The zero-order valence-electron chi connectivity index (χ0n) is 12.7. The molecule has 3 rings (SSSR count). The third-order valence-corrected chi connectivity index (χ3v) is 5.59. The summed E-state index contributed by atoms with van der Waals surface area (Å²) in [6.45, 7) is 0. The van der Waals surface area contributed by atoms with E-state index in [4.69, 9.17) is 4.74 Å². The number of benzene rings is 1. The summed E-state index contributed by atoms with van der Waals surface area (Å²) in [6, 6.07) is 9.60. The number of rotatable bonds is 6. The van der Waals surface area contributed by atoms with E-state index in [-0.39, 0.29) is 11.7 Å². The second kappa shape index (κ2) is 8.31. The fourth-order valence-electron chi connectivity index (χ4n) is 2.52. The highest BCUT2D eigenvalue weighted by molar-refractivity contribution is 8.01. The zero-order chi connectivity index (χ0) is 15.9. The van der Waals surface area contributed by atoms with Crippen LogP contribution in [-0.4, -0.2) is 28.0 Å². The molecule has 1 aliphatic rings. The Morgan fingerprint density at radius 3 is 2.78 bits per heavy atom. The Morgan fingerprint density at radius 1 is 1.22 bits per heavy atom. The number of carbonyl (C=O) groups is 1. The van der Waals surface area contributed by atoms with Gasteiger partial charge in [0.15, 0.2) is 4.34 Å². The van der Waals surface area contributed by atoms with Gasteiger partial charge in [-0.05, 0) is 25.0 Å². The van der Waals surface area contributed by atoms with Crippen molar-refractivity contribution in [3.63, 3.8) is 0 Å². The molecule has 1 heterocycles. The number of hydrogen-bond acceptors (Lipinski definition) is 7. The molecular weight excluding hydrogens is 330 g/mol. The molecule has 5 nitrogen and oxygen atoms in total. The number of para-hydroxylation sites is 1. The monoisotopic (exact) mass is 349 g/mol. The number of esters is 1. The summed E-state index contributed by atoms with van der Waals surface area (Å²) in [5, 5.41) is 12.6. The predicted octanol–water partition coefficient (Wildman–Crippen LogP) is 3.98. The number of thioether (sulfide) groups is 1. The number of nitrogens with zero attached hydrogens (tertiary/aromatic N) is 2. The van der Waals surface area contributed by atoms with Crippen LogP contribution in [0.15, 0.2) is 34.7 Å². The molecule has 0 radical (unpaired) electrons. The quantitative estimate of drug-likeness (QED) is 0.483. The zero-order valence-corrected chi connectivity index (χ0v) is 14.4. The third-order valence-electron chi connectivity index (χ3n) is 3.63. The molecule has 1 saturated carbocycles. The molecule has 23 heavy (non-hydrogen) atoms. The van der Waals surface area contributed by atoms with Gasteiger partial charge in [-0.25, -0.2) is 0 Å². The van der Waals surface area contributed by atoms with Gasteiger partial charge in [-0.2, -0.15) is 0 Å². The van der Waals surface area contributed by atoms with E-state index in [9.17, 15) is 4.79 Å². The summed E-state index contributed by atoms with van der Waals surface area (Å²) in [5.41, 5.74) is 0. The molecule has 122 valence electrons. The Bertz CT molecular complexity index is 627. The molecule has 0 saturated heterocycles. The number of carbonyl (C=O) groups excluding carboxylic acids is 1. The number of aromatic nitrogens is 2. The maximum Gasteiger partial charge on any atom is 0.321 e. The van der Waals surface area contributed by atoms with Gasteiger partial charge >= 0.3 is 5.97 Å². The topological polar surface area (TPSA) is 64.1 Å². The maximum atomic E-state index is 11.8. The Balaban J connectivity index is 1.44. The van der Waals surface area contributed by atoms with E-state index in [1.54, 1.807) is 12.1 Å². The minimum Gasteiger partial charge on any atom is -0.426 e. The first-order valence-corrected chi connectivity index (χ1v) is 9.58. The van der Waals surface area contributed by atoms with Gasteiger partial charge in [0.05, 0.1) is 5.75 Å². The molecule has 0 bridgehead atoms. The van der Waals surface area contributed by atoms with Crippen molar-refractivity contribution in [2.75, 3.05) is 11.1 Å². The largest absolute Gasteiger partial charge is 0.426 e. The van der Waals surface area contributed by atoms with Crippen molar-refractivity contribution in [1.82, 2.24) is 10.2 Å². The number of nitrogens with one attached hydrogen (secondary N) is 1. The molecule has 1 fully saturated rings. The van der Waals surface area contributed by atoms with Gasteiger partial charge in [0.1, 0.15) is 5.75 Å². The van der Waals surface area contributed by atoms with E-state index < -0.39 is 0 Å². The minimum atomic E-state index is -0.279. The van der Waals surface area contributed by atoms with Gasteiger partial charge in [0.2, 0.25) is 5.13 Å². The minimum absolute atomic E-state index is 0.229. The first-order chi connectivity index (χ1) is 11.3. The van der Waals surface area contributed by atoms with Crippen molar-refractivity contribution in [3.05, 3.63) is 30.3 Å². The Labute approximate surface area is 143 Å². The molecule has 0 amide bonds.